The van der Waals surface area contributed by atoms with Gasteiger partial charge in [0.15, 0.2) is 9.84 Å². The first kappa shape index (κ1) is 10.4. The van der Waals surface area contributed by atoms with Crippen molar-refractivity contribution in [1.82, 2.24) is 0 Å². The standard InChI is InChI=1S/C6H13NO3S/c1-4(2)5(6(7)8)11(3,9)10/h4-5H,1-3H3,(H2,7,8). The van der Waals surface area contributed by atoms with Gasteiger partial charge in [0, 0.05) is 6.26 Å². The topological polar surface area (TPSA) is 77.2 Å². The summed E-state index contributed by atoms with van der Waals surface area (Å²) < 4.78 is 21.8. The molecule has 66 valence electrons. The van der Waals surface area contributed by atoms with Gasteiger partial charge in [0.05, 0.1) is 0 Å². The lowest BCUT2D eigenvalue weighted by atomic mass is 10.1. The average Bonchev–Trinajstić information content (AvgIpc) is 1.54. The maximum absolute atomic E-state index is 10.9. The van der Waals surface area contributed by atoms with E-state index in [1.54, 1.807) is 13.8 Å². The Kier molecular flexibility index (Phi) is 3.04. The number of hydrogen-bond donors (Lipinski definition) is 1. The van der Waals surface area contributed by atoms with E-state index in [2.05, 4.69) is 0 Å². The van der Waals surface area contributed by atoms with E-state index in [1.165, 1.54) is 0 Å². The highest BCUT2D eigenvalue weighted by atomic mass is 32.2. The van der Waals surface area contributed by atoms with E-state index in [1.807, 2.05) is 0 Å². The number of carbonyl (C=O) groups excluding carboxylic acids is 1. The molecule has 0 aromatic heterocycles. The van der Waals surface area contributed by atoms with Crippen LogP contribution >= 0.6 is 0 Å². The first-order valence-corrected chi connectivity index (χ1v) is 5.20. The summed E-state index contributed by atoms with van der Waals surface area (Å²) in [5.74, 6) is -1.04. The van der Waals surface area contributed by atoms with Crippen LogP contribution in [0, 0.1) is 5.92 Å². The molecule has 0 spiro atoms. The third-order valence-electron chi connectivity index (χ3n) is 1.35. The molecule has 0 aliphatic carbocycles. The van der Waals surface area contributed by atoms with Crippen molar-refractivity contribution in [3.8, 4) is 0 Å². The zero-order valence-corrected chi connectivity index (χ0v) is 7.68. The zero-order chi connectivity index (χ0) is 9.23. The Labute approximate surface area is 66.7 Å². The number of primary amides is 1. The summed E-state index contributed by atoms with van der Waals surface area (Å²) >= 11 is 0. The Morgan fingerprint density at radius 1 is 1.36 bits per heavy atom. The van der Waals surface area contributed by atoms with Crippen molar-refractivity contribution in [2.45, 2.75) is 19.1 Å². The predicted octanol–water partition coefficient (Wildman–Crippen LogP) is -0.459. The predicted molar refractivity (Wildman–Crippen MR) is 42.7 cm³/mol. The molecule has 11 heavy (non-hydrogen) atoms. The molecule has 0 rings (SSSR count). The molecule has 1 unspecified atom stereocenters. The second-order valence-electron chi connectivity index (χ2n) is 2.90. The van der Waals surface area contributed by atoms with Gasteiger partial charge in [-0.05, 0) is 5.92 Å². The lowest BCUT2D eigenvalue weighted by Gasteiger charge is -2.14. The summed E-state index contributed by atoms with van der Waals surface area (Å²) in [4.78, 5) is 10.6. The molecule has 0 radical (unpaired) electrons. The minimum atomic E-state index is -3.34. The Bertz CT molecular complexity index is 243. The number of carbonyl (C=O) groups is 1. The van der Waals surface area contributed by atoms with Gasteiger partial charge in [0.1, 0.15) is 5.25 Å². The normalized spacial score (nSPS) is 14.9. The van der Waals surface area contributed by atoms with Crippen LogP contribution in [0.1, 0.15) is 13.8 Å². The highest BCUT2D eigenvalue weighted by Crippen LogP contribution is 2.09. The van der Waals surface area contributed by atoms with Gasteiger partial charge < -0.3 is 5.73 Å². The van der Waals surface area contributed by atoms with Crippen LogP contribution in [0.25, 0.3) is 0 Å². The van der Waals surface area contributed by atoms with Crippen LogP contribution in [0.15, 0.2) is 0 Å². The van der Waals surface area contributed by atoms with Crippen LogP contribution in [0.4, 0.5) is 0 Å². The largest absolute Gasteiger partial charge is 0.369 e. The molecular weight excluding hydrogens is 166 g/mol. The first-order chi connectivity index (χ1) is 4.76. The molecule has 0 saturated carbocycles. The van der Waals surface area contributed by atoms with E-state index in [0.29, 0.717) is 0 Å². The fourth-order valence-electron chi connectivity index (χ4n) is 1.03. The van der Waals surface area contributed by atoms with Crippen molar-refractivity contribution >= 4 is 15.7 Å². The summed E-state index contributed by atoms with van der Waals surface area (Å²) in [6, 6.07) is 0. The van der Waals surface area contributed by atoms with Crippen LogP contribution in [-0.4, -0.2) is 25.8 Å². The number of nitrogens with two attached hydrogens (primary N) is 1. The molecule has 0 aromatic carbocycles. The molecular formula is C6H13NO3S. The van der Waals surface area contributed by atoms with Crippen molar-refractivity contribution in [2.75, 3.05) is 6.26 Å². The quantitative estimate of drug-likeness (QED) is 0.637. The van der Waals surface area contributed by atoms with Gasteiger partial charge in [-0.1, -0.05) is 13.8 Å². The molecule has 0 heterocycles. The average molecular weight is 179 g/mol. The lowest BCUT2D eigenvalue weighted by molar-refractivity contribution is -0.118. The van der Waals surface area contributed by atoms with Crippen molar-refractivity contribution in [2.24, 2.45) is 11.7 Å². The molecule has 0 aliphatic heterocycles. The van der Waals surface area contributed by atoms with Crippen LogP contribution < -0.4 is 5.73 Å². The van der Waals surface area contributed by atoms with Gasteiger partial charge in [-0.25, -0.2) is 8.42 Å². The van der Waals surface area contributed by atoms with Gasteiger partial charge in [0.2, 0.25) is 5.91 Å². The van der Waals surface area contributed by atoms with E-state index < -0.39 is 21.0 Å². The molecule has 2 N–H and O–H groups in total. The number of rotatable bonds is 3. The third kappa shape index (κ3) is 2.88. The SMILES string of the molecule is CC(C)C(C(N)=O)S(C)(=O)=O. The molecule has 1 atom stereocenters. The Morgan fingerprint density at radius 2 is 1.73 bits per heavy atom. The lowest BCUT2D eigenvalue weighted by Crippen LogP contribution is -2.39. The molecule has 0 saturated heterocycles. The number of hydrogen-bond acceptors (Lipinski definition) is 3. The van der Waals surface area contributed by atoms with E-state index >= 15 is 0 Å². The summed E-state index contributed by atoms with van der Waals surface area (Å²) in [6.45, 7) is 3.30. The fraction of sp³-hybridized carbons (Fsp3) is 0.833. The van der Waals surface area contributed by atoms with Gasteiger partial charge in [-0.15, -0.1) is 0 Å². The molecule has 4 nitrogen and oxygen atoms in total. The number of amides is 1. The van der Waals surface area contributed by atoms with Gasteiger partial charge >= 0.3 is 0 Å². The Balaban J connectivity index is 4.79. The molecule has 0 aromatic rings. The molecule has 1 amide bonds. The second kappa shape index (κ2) is 3.21. The Hall–Kier alpha value is -0.580. The van der Waals surface area contributed by atoms with Crippen LogP contribution in [-0.2, 0) is 14.6 Å². The van der Waals surface area contributed by atoms with Crippen LogP contribution in [0.3, 0.4) is 0 Å². The van der Waals surface area contributed by atoms with E-state index in [9.17, 15) is 13.2 Å². The summed E-state index contributed by atoms with van der Waals surface area (Å²) in [5.41, 5.74) is 4.91. The van der Waals surface area contributed by atoms with Gasteiger partial charge in [-0.3, -0.25) is 4.79 Å². The smallest absolute Gasteiger partial charge is 0.236 e. The minimum Gasteiger partial charge on any atom is -0.369 e. The molecule has 5 heteroatoms. The van der Waals surface area contributed by atoms with Crippen LogP contribution in [0.2, 0.25) is 0 Å². The van der Waals surface area contributed by atoms with E-state index in [4.69, 9.17) is 5.73 Å². The van der Waals surface area contributed by atoms with Gasteiger partial charge in [0.25, 0.3) is 0 Å². The maximum Gasteiger partial charge on any atom is 0.236 e. The van der Waals surface area contributed by atoms with E-state index in [-0.39, 0.29) is 5.92 Å². The molecule has 0 bridgehead atoms. The van der Waals surface area contributed by atoms with Crippen molar-refractivity contribution in [3.63, 3.8) is 0 Å². The van der Waals surface area contributed by atoms with Crippen LogP contribution in [0.5, 0.6) is 0 Å². The highest BCUT2D eigenvalue weighted by Gasteiger charge is 2.29. The zero-order valence-electron chi connectivity index (χ0n) is 6.87. The minimum absolute atomic E-state index is 0.262. The van der Waals surface area contributed by atoms with E-state index in [0.717, 1.165) is 6.26 Å². The van der Waals surface area contributed by atoms with Crippen molar-refractivity contribution in [1.29, 1.82) is 0 Å². The summed E-state index contributed by atoms with van der Waals surface area (Å²) in [5, 5.41) is -1.05. The number of sulfone groups is 1. The molecule has 0 aliphatic rings. The summed E-state index contributed by atoms with van der Waals surface area (Å²) in [6.07, 6.45) is 1.02. The van der Waals surface area contributed by atoms with Crippen molar-refractivity contribution < 1.29 is 13.2 Å². The first-order valence-electron chi connectivity index (χ1n) is 3.25. The van der Waals surface area contributed by atoms with Gasteiger partial charge in [-0.2, -0.15) is 0 Å². The monoisotopic (exact) mass is 179 g/mol. The summed E-state index contributed by atoms with van der Waals surface area (Å²) in [7, 11) is -3.34. The van der Waals surface area contributed by atoms with Crippen molar-refractivity contribution in [3.05, 3.63) is 0 Å². The fourth-order valence-corrected chi connectivity index (χ4v) is 2.44. The third-order valence-corrected chi connectivity index (χ3v) is 3.05. The molecule has 0 fully saturated rings. The Morgan fingerprint density at radius 3 is 1.73 bits per heavy atom. The highest BCUT2D eigenvalue weighted by molar-refractivity contribution is 7.92. The maximum atomic E-state index is 10.9. The second-order valence-corrected chi connectivity index (χ2v) is 5.06.